The van der Waals surface area contributed by atoms with Crippen LogP contribution in [0.4, 0.5) is 4.79 Å². The van der Waals surface area contributed by atoms with E-state index >= 15 is 0 Å². The minimum absolute atomic E-state index is 0.0116. The van der Waals surface area contributed by atoms with Gasteiger partial charge in [-0.15, -0.1) is 11.3 Å². The predicted octanol–water partition coefficient (Wildman–Crippen LogP) is 0.455. The molecule has 3 rings (SSSR count). The van der Waals surface area contributed by atoms with Gasteiger partial charge in [-0.2, -0.15) is 4.31 Å². The second kappa shape index (κ2) is 4.46. The number of hydrogen-bond acceptors (Lipinski definition) is 4. The highest BCUT2D eigenvalue weighted by Crippen LogP contribution is 2.30. The number of nitrogens with one attached hydrogen (secondary N) is 1. The van der Waals surface area contributed by atoms with Crippen molar-refractivity contribution in [1.29, 1.82) is 0 Å². The molecule has 2 saturated heterocycles. The van der Waals surface area contributed by atoms with E-state index in [4.69, 9.17) is 0 Å². The van der Waals surface area contributed by atoms with Gasteiger partial charge in [0, 0.05) is 26.2 Å². The van der Waals surface area contributed by atoms with Gasteiger partial charge in [0.15, 0.2) is 0 Å². The van der Waals surface area contributed by atoms with Crippen LogP contribution in [0.15, 0.2) is 15.7 Å². The molecule has 0 unspecified atom stereocenters. The van der Waals surface area contributed by atoms with Crippen LogP contribution in [0.5, 0.6) is 0 Å². The highest BCUT2D eigenvalue weighted by Gasteiger charge is 2.43. The number of hydrogen-bond donors (Lipinski definition) is 1. The van der Waals surface area contributed by atoms with E-state index < -0.39 is 10.0 Å². The van der Waals surface area contributed by atoms with E-state index in [1.54, 1.807) is 17.2 Å². The van der Waals surface area contributed by atoms with Crippen molar-refractivity contribution in [2.24, 2.45) is 0 Å². The van der Waals surface area contributed by atoms with Crippen LogP contribution in [0.1, 0.15) is 5.56 Å². The lowest BCUT2D eigenvalue weighted by Gasteiger charge is -2.42. The predicted molar refractivity (Wildman–Crippen MR) is 71.7 cm³/mol. The van der Waals surface area contributed by atoms with Crippen molar-refractivity contribution < 1.29 is 13.2 Å². The Morgan fingerprint density at radius 1 is 1.42 bits per heavy atom. The molecule has 8 heteroatoms. The summed E-state index contributed by atoms with van der Waals surface area (Å²) in [7, 11) is -3.38. The number of carbonyl (C=O) groups is 1. The molecule has 1 aromatic heterocycles. The first-order valence-corrected chi connectivity index (χ1v) is 8.41. The van der Waals surface area contributed by atoms with Crippen LogP contribution in [0.3, 0.4) is 0 Å². The van der Waals surface area contributed by atoms with Crippen molar-refractivity contribution in [3.8, 4) is 0 Å². The molecule has 104 valence electrons. The lowest BCUT2D eigenvalue weighted by atomic mass is 10.1. The molecule has 2 aliphatic heterocycles. The molecule has 2 fully saturated rings. The van der Waals surface area contributed by atoms with Gasteiger partial charge in [-0.25, -0.2) is 13.2 Å². The van der Waals surface area contributed by atoms with Crippen molar-refractivity contribution in [1.82, 2.24) is 14.5 Å². The van der Waals surface area contributed by atoms with E-state index in [2.05, 4.69) is 5.32 Å². The van der Waals surface area contributed by atoms with Gasteiger partial charge >= 0.3 is 6.03 Å². The molecule has 2 amide bonds. The molecule has 3 heterocycles. The second-order valence-corrected chi connectivity index (χ2v) is 7.84. The van der Waals surface area contributed by atoms with Gasteiger partial charge < -0.3 is 10.2 Å². The first-order chi connectivity index (χ1) is 9.00. The van der Waals surface area contributed by atoms with Gasteiger partial charge in [0.1, 0.15) is 4.21 Å². The highest BCUT2D eigenvalue weighted by atomic mass is 32.2. The SMILES string of the molecule is Cc1ccsc1S(=O)(=O)N1CC(N2CCNC2=O)C1. The summed E-state index contributed by atoms with van der Waals surface area (Å²) in [5.41, 5.74) is 0.785. The summed E-state index contributed by atoms with van der Waals surface area (Å²) < 4.78 is 26.6. The average Bonchev–Trinajstić information content (AvgIpc) is 2.86. The quantitative estimate of drug-likeness (QED) is 0.881. The molecule has 0 atom stereocenters. The standard InChI is InChI=1S/C11H15N3O3S2/c1-8-2-5-18-10(8)19(16,17)13-6-9(7-13)14-4-3-12-11(14)15/h2,5,9H,3-4,6-7H2,1H3,(H,12,15). The smallest absolute Gasteiger partial charge is 0.317 e. The fourth-order valence-corrected chi connectivity index (χ4v) is 5.45. The number of rotatable bonds is 3. The number of aryl methyl sites for hydroxylation is 1. The van der Waals surface area contributed by atoms with Gasteiger partial charge in [0.2, 0.25) is 0 Å². The normalized spacial score (nSPS) is 21.5. The van der Waals surface area contributed by atoms with Crippen LogP contribution >= 0.6 is 11.3 Å². The molecule has 1 aromatic rings. The van der Waals surface area contributed by atoms with Crippen LogP contribution in [0.25, 0.3) is 0 Å². The van der Waals surface area contributed by atoms with Crippen molar-refractivity contribution in [2.45, 2.75) is 17.2 Å². The molecule has 6 nitrogen and oxygen atoms in total. The molecular formula is C11H15N3O3S2. The summed E-state index contributed by atoms with van der Waals surface area (Å²) in [6.45, 7) is 3.90. The Bertz CT molecular complexity index is 604. The lowest BCUT2D eigenvalue weighted by Crippen LogP contribution is -2.61. The third-order valence-electron chi connectivity index (χ3n) is 3.55. The number of carbonyl (C=O) groups excluding carboxylic acids is 1. The number of sulfonamides is 1. The fourth-order valence-electron chi connectivity index (χ4n) is 2.39. The van der Waals surface area contributed by atoms with Gasteiger partial charge in [-0.1, -0.05) is 0 Å². The van der Waals surface area contributed by atoms with Crippen LogP contribution in [-0.4, -0.2) is 55.9 Å². The van der Waals surface area contributed by atoms with Gasteiger partial charge in [-0.3, -0.25) is 0 Å². The molecule has 2 aliphatic rings. The monoisotopic (exact) mass is 301 g/mol. The lowest BCUT2D eigenvalue weighted by molar-refractivity contribution is 0.124. The largest absolute Gasteiger partial charge is 0.336 e. The third kappa shape index (κ3) is 2.03. The van der Waals surface area contributed by atoms with E-state index in [1.165, 1.54) is 15.6 Å². The molecule has 0 saturated carbocycles. The molecule has 0 aromatic carbocycles. The zero-order valence-electron chi connectivity index (χ0n) is 10.5. The fraction of sp³-hybridized carbons (Fsp3) is 0.545. The maximum absolute atomic E-state index is 12.4. The summed E-state index contributed by atoms with van der Waals surface area (Å²) in [4.78, 5) is 13.2. The van der Waals surface area contributed by atoms with Crippen LogP contribution in [-0.2, 0) is 10.0 Å². The zero-order chi connectivity index (χ0) is 13.6. The van der Waals surface area contributed by atoms with Crippen molar-refractivity contribution in [3.05, 3.63) is 17.0 Å². The van der Waals surface area contributed by atoms with Crippen LogP contribution in [0.2, 0.25) is 0 Å². The van der Waals surface area contributed by atoms with E-state index in [-0.39, 0.29) is 12.1 Å². The first-order valence-electron chi connectivity index (χ1n) is 6.09. The van der Waals surface area contributed by atoms with Crippen molar-refractivity contribution in [3.63, 3.8) is 0 Å². The zero-order valence-corrected chi connectivity index (χ0v) is 12.1. The summed E-state index contributed by atoms with van der Waals surface area (Å²) in [6, 6.07) is 1.73. The van der Waals surface area contributed by atoms with E-state index in [9.17, 15) is 13.2 Å². The Morgan fingerprint density at radius 2 is 2.16 bits per heavy atom. The van der Waals surface area contributed by atoms with Crippen LogP contribution < -0.4 is 5.32 Å². The Kier molecular flexibility index (Phi) is 3.03. The Hall–Kier alpha value is -1.12. The number of nitrogens with zero attached hydrogens (tertiary/aromatic N) is 2. The molecule has 0 radical (unpaired) electrons. The Balaban J connectivity index is 1.70. The Labute approximate surface area is 116 Å². The second-order valence-electron chi connectivity index (χ2n) is 4.79. The van der Waals surface area contributed by atoms with Crippen molar-refractivity contribution >= 4 is 27.4 Å². The van der Waals surface area contributed by atoms with E-state index in [1.807, 2.05) is 6.07 Å². The van der Waals surface area contributed by atoms with E-state index in [0.29, 0.717) is 30.4 Å². The maximum atomic E-state index is 12.4. The summed E-state index contributed by atoms with van der Waals surface area (Å²) >= 11 is 1.25. The summed E-state index contributed by atoms with van der Waals surface area (Å²) in [5.74, 6) is 0. The minimum atomic E-state index is -3.38. The third-order valence-corrected chi connectivity index (χ3v) is 7.05. The molecular weight excluding hydrogens is 286 g/mol. The number of thiophene rings is 1. The van der Waals surface area contributed by atoms with Crippen LogP contribution in [0, 0.1) is 6.92 Å². The van der Waals surface area contributed by atoms with Gasteiger partial charge in [0.05, 0.1) is 6.04 Å². The highest BCUT2D eigenvalue weighted by molar-refractivity contribution is 7.91. The summed E-state index contributed by atoms with van der Waals surface area (Å²) in [5, 5.41) is 4.52. The molecule has 1 N–H and O–H groups in total. The van der Waals surface area contributed by atoms with Gasteiger partial charge in [0.25, 0.3) is 10.0 Å². The first kappa shape index (κ1) is 12.9. The van der Waals surface area contributed by atoms with Gasteiger partial charge in [-0.05, 0) is 23.9 Å². The average molecular weight is 301 g/mol. The Morgan fingerprint density at radius 3 is 2.68 bits per heavy atom. The molecule has 19 heavy (non-hydrogen) atoms. The molecule has 0 aliphatic carbocycles. The number of amides is 2. The minimum Gasteiger partial charge on any atom is -0.336 e. The summed E-state index contributed by atoms with van der Waals surface area (Å²) in [6.07, 6.45) is 0. The number of urea groups is 1. The molecule has 0 spiro atoms. The molecule has 0 bridgehead atoms. The topological polar surface area (TPSA) is 69.7 Å². The maximum Gasteiger partial charge on any atom is 0.317 e. The van der Waals surface area contributed by atoms with E-state index in [0.717, 1.165) is 5.56 Å². The van der Waals surface area contributed by atoms with Crippen molar-refractivity contribution in [2.75, 3.05) is 26.2 Å².